The number of hydrogen-bond acceptors (Lipinski definition) is 4. The molecule has 0 aromatic heterocycles. The van der Waals surface area contributed by atoms with Gasteiger partial charge in [0, 0.05) is 19.6 Å². The number of benzene rings is 1. The van der Waals surface area contributed by atoms with Crippen LogP contribution in [0, 0.1) is 11.8 Å². The smallest absolute Gasteiger partial charge is 0.238 e. The van der Waals surface area contributed by atoms with Crippen LogP contribution in [0.2, 0.25) is 0 Å². The molecule has 2 N–H and O–H groups in total. The second-order valence-corrected chi connectivity index (χ2v) is 7.63. The molecular formula is C15H24N2O3S. The maximum Gasteiger partial charge on any atom is 0.238 e. The Morgan fingerprint density at radius 3 is 2.29 bits per heavy atom. The van der Waals surface area contributed by atoms with Gasteiger partial charge in [-0.2, -0.15) is 0 Å². The van der Waals surface area contributed by atoms with Crippen LogP contribution >= 0.6 is 0 Å². The summed E-state index contributed by atoms with van der Waals surface area (Å²) in [5.41, 5.74) is 0. The van der Waals surface area contributed by atoms with Gasteiger partial charge in [-0.05, 0) is 42.5 Å². The Morgan fingerprint density at radius 2 is 1.76 bits per heavy atom. The number of piperidine rings is 1. The molecule has 0 saturated carbocycles. The van der Waals surface area contributed by atoms with Gasteiger partial charge in [0.25, 0.3) is 0 Å². The molecule has 1 aliphatic rings. The first-order valence-electron chi connectivity index (χ1n) is 7.32. The van der Waals surface area contributed by atoms with Crippen molar-refractivity contribution in [3.8, 4) is 5.75 Å². The molecule has 0 bridgehead atoms. The molecule has 0 aliphatic carbocycles. The summed E-state index contributed by atoms with van der Waals surface area (Å²) in [6.45, 7) is 8.32. The predicted molar refractivity (Wildman–Crippen MR) is 82.7 cm³/mol. The Bertz CT molecular complexity index is 547. The summed E-state index contributed by atoms with van der Waals surface area (Å²) >= 11 is 0. The van der Waals surface area contributed by atoms with Gasteiger partial charge in [-0.3, -0.25) is 4.90 Å². The molecule has 0 amide bonds. The topological polar surface area (TPSA) is 72.6 Å². The molecule has 1 aliphatic heterocycles. The van der Waals surface area contributed by atoms with Gasteiger partial charge in [-0.1, -0.05) is 13.8 Å². The highest BCUT2D eigenvalue weighted by molar-refractivity contribution is 7.89. The van der Waals surface area contributed by atoms with E-state index in [0.717, 1.165) is 31.5 Å². The van der Waals surface area contributed by atoms with Crippen LogP contribution in [0.4, 0.5) is 0 Å². The second-order valence-electron chi connectivity index (χ2n) is 6.07. The van der Waals surface area contributed by atoms with E-state index in [1.165, 1.54) is 18.6 Å². The summed E-state index contributed by atoms with van der Waals surface area (Å²) in [4.78, 5) is 2.53. The van der Waals surface area contributed by atoms with Crippen LogP contribution in [0.15, 0.2) is 29.2 Å². The minimum atomic E-state index is -3.63. The molecule has 1 aromatic rings. The molecule has 2 rings (SSSR count). The minimum absolute atomic E-state index is 0.105. The molecule has 1 aromatic carbocycles. The highest BCUT2D eigenvalue weighted by Crippen LogP contribution is 2.21. The number of rotatable bonds is 5. The standard InChI is InChI=1S/C15H24N2O3S/c1-12-9-13(2)11-17(10-12)7-8-20-14-3-5-15(6-4-14)21(16,18)19/h3-6,12-13H,7-11H2,1-2H3,(H2,16,18,19)/t12-,13-/m0/s1. The van der Waals surface area contributed by atoms with Crippen molar-refractivity contribution in [2.45, 2.75) is 25.2 Å². The second kappa shape index (κ2) is 6.77. The van der Waals surface area contributed by atoms with Crippen LogP contribution in [0.5, 0.6) is 5.75 Å². The van der Waals surface area contributed by atoms with Gasteiger partial charge in [0.15, 0.2) is 0 Å². The first-order valence-corrected chi connectivity index (χ1v) is 8.87. The zero-order valence-corrected chi connectivity index (χ0v) is 13.5. The molecule has 2 atom stereocenters. The molecule has 1 saturated heterocycles. The first kappa shape index (κ1) is 16.3. The molecule has 1 fully saturated rings. The third kappa shape index (κ3) is 4.98. The zero-order chi connectivity index (χ0) is 15.5. The summed E-state index contributed by atoms with van der Waals surface area (Å²) in [5.74, 6) is 2.14. The molecule has 6 heteroatoms. The normalized spacial score (nSPS) is 24.0. The average Bonchev–Trinajstić information content (AvgIpc) is 2.37. The number of likely N-dealkylation sites (tertiary alicyclic amines) is 1. The number of primary sulfonamides is 1. The number of hydrogen-bond donors (Lipinski definition) is 1. The Balaban J connectivity index is 1.81. The van der Waals surface area contributed by atoms with E-state index in [1.807, 2.05) is 0 Å². The van der Waals surface area contributed by atoms with Crippen molar-refractivity contribution in [3.63, 3.8) is 0 Å². The molecule has 21 heavy (non-hydrogen) atoms. The quantitative estimate of drug-likeness (QED) is 0.898. The SMILES string of the molecule is C[C@H]1C[C@H](C)CN(CCOc2ccc(S(N)(=O)=O)cc2)C1. The molecule has 1 heterocycles. The van der Waals surface area contributed by atoms with Crippen molar-refractivity contribution >= 4 is 10.0 Å². The molecule has 5 nitrogen and oxygen atoms in total. The van der Waals surface area contributed by atoms with Gasteiger partial charge in [0.2, 0.25) is 10.0 Å². The van der Waals surface area contributed by atoms with Gasteiger partial charge in [0.1, 0.15) is 12.4 Å². The van der Waals surface area contributed by atoms with Crippen molar-refractivity contribution < 1.29 is 13.2 Å². The van der Waals surface area contributed by atoms with Crippen LogP contribution in [0.3, 0.4) is 0 Å². The van der Waals surface area contributed by atoms with Crippen molar-refractivity contribution in [2.75, 3.05) is 26.2 Å². The molecule has 0 unspecified atom stereocenters. The Morgan fingerprint density at radius 1 is 1.19 bits per heavy atom. The lowest BCUT2D eigenvalue weighted by atomic mass is 9.92. The highest BCUT2D eigenvalue weighted by atomic mass is 32.2. The largest absolute Gasteiger partial charge is 0.492 e. The van der Waals surface area contributed by atoms with Gasteiger partial charge in [-0.15, -0.1) is 0 Å². The van der Waals surface area contributed by atoms with Crippen molar-refractivity contribution in [1.82, 2.24) is 4.90 Å². The third-order valence-electron chi connectivity index (χ3n) is 3.77. The van der Waals surface area contributed by atoms with Gasteiger partial charge in [0.05, 0.1) is 4.90 Å². The van der Waals surface area contributed by atoms with Crippen molar-refractivity contribution in [3.05, 3.63) is 24.3 Å². The Labute approximate surface area is 127 Å². The van der Waals surface area contributed by atoms with Gasteiger partial charge in [-0.25, -0.2) is 13.6 Å². The predicted octanol–water partition coefficient (Wildman–Crippen LogP) is 1.69. The summed E-state index contributed by atoms with van der Waals surface area (Å²) in [5, 5.41) is 5.06. The third-order valence-corrected chi connectivity index (χ3v) is 4.70. The van der Waals surface area contributed by atoms with Crippen LogP contribution in [-0.2, 0) is 10.0 Å². The van der Waals surface area contributed by atoms with E-state index in [0.29, 0.717) is 12.4 Å². The molecule has 0 spiro atoms. The fourth-order valence-electron chi connectivity index (χ4n) is 2.99. The minimum Gasteiger partial charge on any atom is -0.492 e. The fourth-order valence-corrected chi connectivity index (χ4v) is 3.51. The van der Waals surface area contributed by atoms with Gasteiger partial charge >= 0.3 is 0 Å². The highest BCUT2D eigenvalue weighted by Gasteiger charge is 2.21. The summed E-state index contributed by atoms with van der Waals surface area (Å²) in [6.07, 6.45) is 1.30. The lowest BCUT2D eigenvalue weighted by Crippen LogP contribution is -2.40. The average molecular weight is 312 g/mol. The van der Waals surface area contributed by atoms with E-state index in [4.69, 9.17) is 9.88 Å². The van der Waals surface area contributed by atoms with E-state index in [-0.39, 0.29) is 4.90 Å². The number of ether oxygens (including phenoxy) is 1. The maximum absolute atomic E-state index is 11.2. The van der Waals surface area contributed by atoms with E-state index < -0.39 is 10.0 Å². The fraction of sp³-hybridized carbons (Fsp3) is 0.600. The lowest BCUT2D eigenvalue weighted by Gasteiger charge is -2.34. The Kier molecular flexibility index (Phi) is 5.24. The Hall–Kier alpha value is -1.11. The summed E-state index contributed by atoms with van der Waals surface area (Å²) < 4.78 is 28.0. The van der Waals surface area contributed by atoms with Gasteiger partial charge < -0.3 is 4.74 Å². The molecular weight excluding hydrogens is 288 g/mol. The maximum atomic E-state index is 11.2. The van der Waals surface area contributed by atoms with E-state index >= 15 is 0 Å². The first-order chi connectivity index (χ1) is 9.84. The lowest BCUT2D eigenvalue weighted by molar-refractivity contribution is 0.120. The van der Waals surface area contributed by atoms with Crippen LogP contribution in [0.1, 0.15) is 20.3 Å². The van der Waals surface area contributed by atoms with Crippen LogP contribution < -0.4 is 9.88 Å². The summed E-state index contributed by atoms with van der Waals surface area (Å²) in [7, 11) is -3.63. The van der Waals surface area contributed by atoms with Crippen molar-refractivity contribution in [1.29, 1.82) is 0 Å². The molecule has 118 valence electrons. The van der Waals surface area contributed by atoms with Crippen LogP contribution in [-0.4, -0.2) is 39.6 Å². The zero-order valence-electron chi connectivity index (χ0n) is 12.7. The monoisotopic (exact) mass is 312 g/mol. The van der Waals surface area contributed by atoms with Crippen molar-refractivity contribution in [2.24, 2.45) is 17.0 Å². The number of nitrogens with two attached hydrogens (primary N) is 1. The van der Waals surface area contributed by atoms with E-state index in [9.17, 15) is 8.42 Å². The summed E-state index contributed by atoms with van der Waals surface area (Å²) in [6, 6.07) is 6.22. The molecule has 0 radical (unpaired) electrons. The number of nitrogens with zero attached hydrogens (tertiary/aromatic N) is 1. The number of sulfonamides is 1. The van der Waals surface area contributed by atoms with E-state index in [2.05, 4.69) is 18.7 Å². The van der Waals surface area contributed by atoms with Crippen LogP contribution in [0.25, 0.3) is 0 Å². The van der Waals surface area contributed by atoms with E-state index in [1.54, 1.807) is 12.1 Å².